The summed E-state index contributed by atoms with van der Waals surface area (Å²) in [4.78, 5) is 22.6. The van der Waals surface area contributed by atoms with Crippen molar-refractivity contribution in [3.05, 3.63) is 68.8 Å². The van der Waals surface area contributed by atoms with Gasteiger partial charge in [0.25, 0.3) is 5.69 Å². The van der Waals surface area contributed by atoms with Crippen LogP contribution in [-0.4, -0.2) is 15.1 Å². The van der Waals surface area contributed by atoms with Crippen molar-refractivity contribution >= 4 is 22.6 Å². The fourth-order valence-corrected chi connectivity index (χ4v) is 4.11. The molecule has 0 fully saturated rings. The molecule has 0 heterocycles. The van der Waals surface area contributed by atoms with Gasteiger partial charge >= 0.3 is 0 Å². The molecule has 5 nitrogen and oxygen atoms in total. The molecule has 0 radical (unpaired) electrons. The second-order valence-electron chi connectivity index (χ2n) is 9.30. The molecule has 0 aliphatic rings. The van der Waals surface area contributed by atoms with E-state index in [9.17, 15) is 20.0 Å². The van der Waals surface area contributed by atoms with Crippen molar-refractivity contribution in [2.24, 2.45) is 0 Å². The lowest BCUT2D eigenvalue weighted by Crippen LogP contribution is -2.18. The number of phenolic OH excluding ortho intramolecular Hbond substituents is 1. The molecule has 0 aliphatic heterocycles. The van der Waals surface area contributed by atoms with Crippen molar-refractivity contribution in [2.45, 2.75) is 64.5 Å². The van der Waals surface area contributed by atoms with Crippen LogP contribution < -0.4 is 0 Å². The number of nitro benzene ring substituents is 1. The molecule has 1 N–H and O–H groups in total. The van der Waals surface area contributed by atoms with Gasteiger partial charge in [-0.1, -0.05) is 77.6 Å². The highest BCUT2D eigenvalue weighted by Gasteiger charge is 2.29. The van der Waals surface area contributed by atoms with Gasteiger partial charge in [0.2, 0.25) is 0 Å². The number of hydrogen-bond acceptors (Lipinski definition) is 5. The van der Waals surface area contributed by atoms with Crippen LogP contribution in [0.5, 0.6) is 5.75 Å². The number of non-ortho nitro benzene ring substituents is 1. The minimum atomic E-state index is -0.438. The summed E-state index contributed by atoms with van der Waals surface area (Å²) in [5.74, 6) is 0.282. The van der Waals surface area contributed by atoms with Gasteiger partial charge < -0.3 is 5.11 Å². The maximum Gasteiger partial charge on any atom is 0.269 e. The van der Waals surface area contributed by atoms with Gasteiger partial charge in [-0.15, -0.1) is 0 Å². The SMILES string of the molecule is CC(=O)SC(c1ccc([N+](=O)[O-])cc1)c1cc(C(C)(C)C)c(O)c(C(C)(C)C)c1. The van der Waals surface area contributed by atoms with Gasteiger partial charge in [0, 0.05) is 19.1 Å². The topological polar surface area (TPSA) is 80.4 Å². The number of benzene rings is 2. The molecule has 6 heteroatoms. The van der Waals surface area contributed by atoms with Gasteiger partial charge in [-0.25, -0.2) is 0 Å². The number of carbonyl (C=O) groups is 1. The second kappa shape index (κ2) is 8.19. The highest BCUT2D eigenvalue weighted by Crippen LogP contribution is 2.45. The Labute approximate surface area is 176 Å². The maximum absolute atomic E-state index is 12.0. The first-order valence-corrected chi connectivity index (χ1v) is 10.4. The fraction of sp³-hybridized carbons (Fsp3) is 0.435. The zero-order chi connectivity index (χ0) is 22.1. The average Bonchev–Trinajstić information content (AvgIpc) is 2.58. The van der Waals surface area contributed by atoms with Gasteiger partial charge in [-0.05, 0) is 33.1 Å². The van der Waals surface area contributed by atoms with E-state index in [-0.39, 0.29) is 32.6 Å². The Morgan fingerprint density at radius 1 is 0.966 bits per heavy atom. The van der Waals surface area contributed by atoms with Crippen LogP contribution in [0.2, 0.25) is 0 Å². The van der Waals surface area contributed by atoms with Gasteiger partial charge in [0.1, 0.15) is 5.75 Å². The van der Waals surface area contributed by atoms with E-state index in [0.717, 1.165) is 22.3 Å². The minimum absolute atomic E-state index is 0.0109. The average molecular weight is 416 g/mol. The van der Waals surface area contributed by atoms with Crippen LogP contribution in [0.1, 0.15) is 76.0 Å². The Bertz CT molecular complexity index is 886. The highest BCUT2D eigenvalue weighted by atomic mass is 32.2. The smallest absolute Gasteiger partial charge is 0.269 e. The van der Waals surface area contributed by atoms with Gasteiger partial charge in [0.05, 0.1) is 10.2 Å². The molecular weight excluding hydrogens is 386 g/mol. The third kappa shape index (κ3) is 5.38. The van der Waals surface area contributed by atoms with E-state index in [2.05, 4.69) is 0 Å². The quantitative estimate of drug-likeness (QED) is 0.470. The Hall–Kier alpha value is -2.34. The van der Waals surface area contributed by atoms with Crippen LogP contribution in [0.25, 0.3) is 0 Å². The molecule has 2 aromatic carbocycles. The largest absolute Gasteiger partial charge is 0.507 e. The maximum atomic E-state index is 12.0. The number of carbonyl (C=O) groups excluding carboxylic acids is 1. The summed E-state index contributed by atoms with van der Waals surface area (Å²) in [6.07, 6.45) is 0. The van der Waals surface area contributed by atoms with Crippen molar-refractivity contribution in [1.29, 1.82) is 0 Å². The second-order valence-corrected chi connectivity index (χ2v) is 10.6. The fourth-order valence-electron chi connectivity index (χ4n) is 3.22. The first kappa shape index (κ1) is 22.9. The Morgan fingerprint density at radius 2 is 1.41 bits per heavy atom. The number of aromatic hydroxyl groups is 1. The van der Waals surface area contributed by atoms with E-state index in [1.54, 1.807) is 12.1 Å². The van der Waals surface area contributed by atoms with Crippen LogP contribution >= 0.6 is 11.8 Å². The predicted octanol–water partition coefficient (Wildman–Crippen LogP) is 6.26. The highest BCUT2D eigenvalue weighted by molar-refractivity contribution is 8.13. The van der Waals surface area contributed by atoms with E-state index >= 15 is 0 Å². The van der Waals surface area contributed by atoms with Crippen molar-refractivity contribution in [3.63, 3.8) is 0 Å². The molecule has 2 rings (SSSR count). The number of nitro groups is 1. The van der Waals surface area contributed by atoms with Gasteiger partial charge in [-0.2, -0.15) is 0 Å². The molecule has 0 aromatic heterocycles. The third-order valence-corrected chi connectivity index (χ3v) is 5.85. The molecule has 156 valence electrons. The van der Waals surface area contributed by atoms with E-state index < -0.39 is 4.92 Å². The van der Waals surface area contributed by atoms with Crippen LogP contribution in [0, 0.1) is 10.1 Å². The molecule has 0 amide bonds. The van der Waals surface area contributed by atoms with Gasteiger partial charge in [-0.3, -0.25) is 14.9 Å². The molecule has 0 spiro atoms. The molecule has 0 saturated carbocycles. The van der Waals surface area contributed by atoms with Crippen molar-refractivity contribution in [1.82, 2.24) is 0 Å². The number of nitrogens with zero attached hydrogens (tertiary/aromatic N) is 1. The summed E-state index contributed by atoms with van der Waals surface area (Å²) in [6, 6.07) is 10.2. The zero-order valence-corrected chi connectivity index (χ0v) is 18.9. The van der Waals surface area contributed by atoms with Crippen molar-refractivity contribution < 1.29 is 14.8 Å². The Kier molecular flexibility index (Phi) is 6.48. The van der Waals surface area contributed by atoms with Crippen molar-refractivity contribution in [3.8, 4) is 5.75 Å². The lowest BCUT2D eigenvalue weighted by atomic mass is 9.78. The van der Waals surface area contributed by atoms with E-state index in [1.165, 1.54) is 30.8 Å². The lowest BCUT2D eigenvalue weighted by molar-refractivity contribution is -0.384. The molecule has 2 aromatic rings. The van der Waals surface area contributed by atoms with Crippen LogP contribution in [0.15, 0.2) is 36.4 Å². The lowest BCUT2D eigenvalue weighted by Gasteiger charge is -2.29. The van der Waals surface area contributed by atoms with Gasteiger partial charge in [0.15, 0.2) is 5.12 Å². The molecule has 0 saturated heterocycles. The number of hydrogen-bond donors (Lipinski definition) is 1. The minimum Gasteiger partial charge on any atom is -0.507 e. The van der Waals surface area contributed by atoms with Crippen LogP contribution in [0.4, 0.5) is 5.69 Å². The summed E-state index contributed by atoms with van der Waals surface area (Å²) < 4.78 is 0. The molecule has 0 aliphatic carbocycles. The third-order valence-electron chi connectivity index (χ3n) is 4.74. The standard InChI is InChI=1S/C23H29NO4S/c1-14(25)29-21(15-8-10-17(11-9-15)24(27)28)16-12-18(22(2,3)4)20(26)19(13-16)23(5,6)7/h8-13,21,26H,1-7H3. The number of rotatable bonds is 4. The normalized spacial score (nSPS) is 13.2. The monoisotopic (exact) mass is 415 g/mol. The number of phenols is 1. The van der Waals surface area contributed by atoms with E-state index in [1.807, 2.05) is 53.7 Å². The first-order chi connectivity index (χ1) is 13.2. The van der Waals surface area contributed by atoms with E-state index in [0.29, 0.717) is 0 Å². The number of thioether (sulfide) groups is 1. The first-order valence-electron chi connectivity index (χ1n) is 9.51. The molecule has 1 atom stereocenters. The Morgan fingerprint density at radius 3 is 1.76 bits per heavy atom. The molecular formula is C23H29NO4S. The molecule has 0 bridgehead atoms. The molecule has 29 heavy (non-hydrogen) atoms. The van der Waals surface area contributed by atoms with Crippen LogP contribution in [-0.2, 0) is 15.6 Å². The summed E-state index contributed by atoms with van der Waals surface area (Å²) in [5.41, 5.74) is 2.76. The summed E-state index contributed by atoms with van der Waals surface area (Å²) in [7, 11) is 0. The predicted molar refractivity (Wildman–Crippen MR) is 119 cm³/mol. The van der Waals surface area contributed by atoms with E-state index in [4.69, 9.17) is 0 Å². The summed E-state index contributed by atoms with van der Waals surface area (Å²) >= 11 is 1.17. The van der Waals surface area contributed by atoms with Crippen molar-refractivity contribution in [2.75, 3.05) is 0 Å². The zero-order valence-electron chi connectivity index (χ0n) is 18.1. The summed E-state index contributed by atoms with van der Waals surface area (Å²) in [6.45, 7) is 13.7. The van der Waals surface area contributed by atoms with Crippen LogP contribution in [0.3, 0.4) is 0 Å². The summed E-state index contributed by atoms with van der Waals surface area (Å²) in [5, 5.41) is 21.6. The molecule has 1 unspecified atom stereocenters. The Balaban J connectivity index is 2.73.